The van der Waals surface area contributed by atoms with E-state index < -0.39 is 0 Å². The van der Waals surface area contributed by atoms with Gasteiger partial charge in [-0.3, -0.25) is 4.79 Å². The molecule has 24 heavy (non-hydrogen) atoms. The van der Waals surface area contributed by atoms with Gasteiger partial charge in [0.25, 0.3) is 0 Å². The van der Waals surface area contributed by atoms with Gasteiger partial charge in [0, 0.05) is 10.9 Å². The molecule has 0 heterocycles. The second-order valence-electron chi connectivity index (χ2n) is 6.28. The predicted molar refractivity (Wildman–Crippen MR) is 104 cm³/mol. The minimum atomic E-state index is 0.179. The minimum Gasteiger partial charge on any atom is -0.294 e. The Morgan fingerprint density at radius 2 is 1.50 bits per heavy atom. The number of benzene rings is 4. The molecule has 0 radical (unpaired) electrons. The van der Waals surface area contributed by atoms with E-state index in [0.29, 0.717) is 6.42 Å². The zero-order valence-corrected chi connectivity index (χ0v) is 14.4. The van der Waals surface area contributed by atoms with Crippen LogP contribution in [0.25, 0.3) is 44.5 Å². The number of rotatable bonds is 0. The highest BCUT2D eigenvalue weighted by Gasteiger charge is 2.08. The molecule has 5 rings (SSSR count). The number of halogens is 1. The highest BCUT2D eigenvalue weighted by atomic mass is 79.9. The summed E-state index contributed by atoms with van der Waals surface area (Å²) in [5.41, 5.74) is 0. The minimum absolute atomic E-state index is 0.179. The van der Waals surface area contributed by atoms with E-state index in [2.05, 4.69) is 70.5 Å². The van der Waals surface area contributed by atoms with Crippen LogP contribution >= 0.6 is 15.9 Å². The highest BCUT2D eigenvalue weighted by Crippen LogP contribution is 2.33. The van der Waals surface area contributed by atoms with Gasteiger partial charge >= 0.3 is 0 Å². The van der Waals surface area contributed by atoms with E-state index >= 15 is 0 Å². The zero-order chi connectivity index (χ0) is 16.3. The van der Waals surface area contributed by atoms with Crippen molar-refractivity contribution in [3.05, 3.63) is 69.5 Å². The van der Waals surface area contributed by atoms with Gasteiger partial charge in [-0.1, -0.05) is 58.4 Å². The highest BCUT2D eigenvalue weighted by molar-refractivity contribution is 9.10. The Kier molecular flexibility index (Phi) is 2.92. The fourth-order valence-corrected chi connectivity index (χ4v) is 4.20. The smallest absolute Gasteiger partial charge is 0.160 e. The molecule has 0 unspecified atom stereocenters. The average Bonchev–Trinajstić information content (AvgIpc) is 2.59. The van der Waals surface area contributed by atoms with Crippen molar-refractivity contribution in [3.8, 4) is 0 Å². The first-order valence-corrected chi connectivity index (χ1v) is 8.78. The standard InChI is InChI=1S/C22H13BrO/c23-22-3-1-2-17-18-7-5-14-10-15-11-16(24)6-4-13(15)12-21(14)19(18)8-9-20(17)22/h1-5,7-12H,6H2. The van der Waals surface area contributed by atoms with Crippen molar-refractivity contribution in [1.29, 1.82) is 0 Å². The second kappa shape index (κ2) is 5.02. The van der Waals surface area contributed by atoms with Crippen LogP contribution in [0.15, 0.2) is 59.1 Å². The molecule has 0 aliphatic heterocycles. The molecule has 0 amide bonds. The van der Waals surface area contributed by atoms with Crippen molar-refractivity contribution in [2.24, 2.45) is 0 Å². The Labute approximate surface area is 147 Å². The van der Waals surface area contributed by atoms with Crippen LogP contribution in [0.5, 0.6) is 0 Å². The lowest BCUT2D eigenvalue weighted by atomic mass is 9.95. The number of hydrogen-bond donors (Lipinski definition) is 0. The van der Waals surface area contributed by atoms with E-state index in [-0.39, 0.29) is 5.78 Å². The molecule has 1 aliphatic rings. The van der Waals surface area contributed by atoms with E-state index in [4.69, 9.17) is 0 Å². The van der Waals surface area contributed by atoms with Crippen LogP contribution < -0.4 is 10.4 Å². The van der Waals surface area contributed by atoms with E-state index in [1.54, 1.807) is 6.08 Å². The first-order chi connectivity index (χ1) is 11.7. The lowest BCUT2D eigenvalue weighted by Gasteiger charge is -2.10. The van der Waals surface area contributed by atoms with Crippen molar-refractivity contribution in [2.45, 2.75) is 6.42 Å². The van der Waals surface area contributed by atoms with Crippen LogP contribution in [0.2, 0.25) is 0 Å². The molecule has 0 bridgehead atoms. The number of ketones is 1. The first-order valence-electron chi connectivity index (χ1n) is 7.99. The average molecular weight is 373 g/mol. The third-order valence-corrected chi connectivity index (χ3v) is 5.56. The van der Waals surface area contributed by atoms with Gasteiger partial charge in [0.2, 0.25) is 0 Å². The van der Waals surface area contributed by atoms with Crippen LogP contribution in [-0.4, -0.2) is 5.78 Å². The summed E-state index contributed by atoms with van der Waals surface area (Å²) in [6.07, 6.45) is 4.29. The Morgan fingerprint density at radius 1 is 0.750 bits per heavy atom. The SMILES string of the molecule is O=C1C=c2cc3ccc4c5cccc(Br)c5ccc4c3cc2=CC1. The van der Waals surface area contributed by atoms with Crippen LogP contribution in [0, 0.1) is 0 Å². The zero-order valence-electron chi connectivity index (χ0n) is 12.8. The Hall–Kier alpha value is -2.45. The summed E-state index contributed by atoms with van der Waals surface area (Å²) in [6, 6.07) is 19.4. The molecule has 0 aromatic heterocycles. The summed E-state index contributed by atoms with van der Waals surface area (Å²) in [5, 5.41) is 9.61. The summed E-state index contributed by atoms with van der Waals surface area (Å²) in [6.45, 7) is 0. The van der Waals surface area contributed by atoms with Gasteiger partial charge in [0.1, 0.15) is 0 Å². The molecular weight excluding hydrogens is 360 g/mol. The van der Waals surface area contributed by atoms with E-state index in [1.807, 2.05) is 6.08 Å². The largest absolute Gasteiger partial charge is 0.294 e. The molecule has 0 fully saturated rings. The van der Waals surface area contributed by atoms with Crippen LogP contribution in [0.4, 0.5) is 0 Å². The molecular formula is C22H13BrO. The fraction of sp³-hybridized carbons (Fsp3) is 0.0455. The molecule has 0 atom stereocenters. The summed E-state index contributed by atoms with van der Waals surface area (Å²) >= 11 is 3.65. The number of carbonyl (C=O) groups is 1. The van der Waals surface area contributed by atoms with E-state index in [0.717, 1.165) is 14.9 Å². The predicted octanol–water partition coefficient (Wildman–Crippen LogP) is 4.44. The maximum absolute atomic E-state index is 11.7. The number of fused-ring (bicyclic) bond motifs is 6. The summed E-state index contributed by atoms with van der Waals surface area (Å²) in [7, 11) is 0. The van der Waals surface area contributed by atoms with Gasteiger partial charge in [0.05, 0.1) is 0 Å². The number of hydrogen-bond acceptors (Lipinski definition) is 1. The van der Waals surface area contributed by atoms with Crippen molar-refractivity contribution in [2.75, 3.05) is 0 Å². The topological polar surface area (TPSA) is 17.1 Å². The van der Waals surface area contributed by atoms with Gasteiger partial charge in [-0.2, -0.15) is 0 Å². The van der Waals surface area contributed by atoms with Crippen molar-refractivity contribution < 1.29 is 4.79 Å². The van der Waals surface area contributed by atoms with Gasteiger partial charge in [-0.05, 0) is 67.0 Å². The van der Waals surface area contributed by atoms with Crippen molar-refractivity contribution >= 4 is 66.2 Å². The normalized spacial score (nSPS) is 13.8. The number of Topliss-reactive ketones (excluding diaryl/α,β-unsaturated/α-hetero) is 1. The van der Waals surface area contributed by atoms with Crippen molar-refractivity contribution in [1.82, 2.24) is 0 Å². The molecule has 114 valence electrons. The van der Waals surface area contributed by atoms with Crippen LogP contribution in [-0.2, 0) is 4.79 Å². The molecule has 0 N–H and O–H groups in total. The maximum Gasteiger partial charge on any atom is 0.160 e. The van der Waals surface area contributed by atoms with Gasteiger partial charge in [-0.15, -0.1) is 0 Å². The van der Waals surface area contributed by atoms with Gasteiger partial charge in [0.15, 0.2) is 5.78 Å². The summed E-state index contributed by atoms with van der Waals surface area (Å²) in [4.78, 5) is 11.7. The first kappa shape index (κ1) is 13.9. The Bertz CT molecular complexity index is 1300. The molecule has 0 saturated carbocycles. The van der Waals surface area contributed by atoms with Crippen LogP contribution in [0.1, 0.15) is 6.42 Å². The van der Waals surface area contributed by atoms with Crippen molar-refractivity contribution in [3.63, 3.8) is 0 Å². The fourth-order valence-electron chi connectivity index (χ4n) is 3.70. The Morgan fingerprint density at radius 3 is 2.42 bits per heavy atom. The third kappa shape index (κ3) is 1.96. The summed E-state index contributed by atoms with van der Waals surface area (Å²) < 4.78 is 1.12. The monoisotopic (exact) mass is 372 g/mol. The molecule has 1 nitrogen and oxygen atoms in total. The van der Waals surface area contributed by atoms with Gasteiger partial charge in [-0.25, -0.2) is 0 Å². The molecule has 4 aromatic carbocycles. The lowest BCUT2D eigenvalue weighted by Crippen LogP contribution is -2.28. The summed E-state index contributed by atoms with van der Waals surface area (Å²) in [5.74, 6) is 0.179. The second-order valence-corrected chi connectivity index (χ2v) is 7.14. The molecule has 2 heteroatoms. The maximum atomic E-state index is 11.7. The van der Waals surface area contributed by atoms with Gasteiger partial charge < -0.3 is 0 Å². The molecule has 4 aromatic rings. The van der Waals surface area contributed by atoms with E-state index in [9.17, 15) is 4.79 Å². The molecule has 0 saturated heterocycles. The third-order valence-electron chi connectivity index (χ3n) is 4.86. The quantitative estimate of drug-likeness (QED) is 0.417. The van der Waals surface area contributed by atoms with Crippen LogP contribution in [0.3, 0.4) is 0 Å². The van der Waals surface area contributed by atoms with E-state index in [1.165, 1.54) is 32.3 Å². The molecule has 0 spiro atoms. The lowest BCUT2D eigenvalue weighted by molar-refractivity contribution is -0.112. The molecule has 1 aliphatic carbocycles. The Balaban J connectivity index is 1.98. The number of carbonyl (C=O) groups excluding carboxylic acids is 1.